The molecule has 0 aromatic heterocycles. The zero-order chi connectivity index (χ0) is 44.9. The molecule has 16 heteroatoms. The van der Waals surface area contributed by atoms with E-state index in [1.807, 2.05) is 152 Å². The molecule has 0 bridgehead atoms. The Morgan fingerprint density at radius 3 is 0.508 bits per heavy atom. The zero-order valence-electron chi connectivity index (χ0n) is 33.5. The van der Waals surface area contributed by atoms with Crippen LogP contribution in [0.4, 0.5) is 0 Å². The zero-order valence-corrected chi connectivity index (χ0v) is 34.9. The van der Waals surface area contributed by atoms with Gasteiger partial charge in [0.2, 0.25) is 0 Å². The number of hydrogen-bond donors (Lipinski definition) is 10. The first kappa shape index (κ1) is 54.8. The molecular weight excluding hydrogens is 821 g/mol. The molecular formula is C45H55N5O10V. The summed E-state index contributed by atoms with van der Waals surface area (Å²) in [5.74, 6) is -4.80. The van der Waals surface area contributed by atoms with E-state index in [0.717, 1.165) is 27.8 Å². The van der Waals surface area contributed by atoms with E-state index in [0.29, 0.717) is 32.1 Å². The molecule has 0 spiro atoms. The van der Waals surface area contributed by atoms with Crippen LogP contribution in [0.2, 0.25) is 0 Å². The first-order valence-corrected chi connectivity index (χ1v) is 18.6. The summed E-state index contributed by atoms with van der Waals surface area (Å²) in [6.07, 6.45) is 1.93. The second-order valence-electron chi connectivity index (χ2n) is 13.2. The Balaban J connectivity index is 0.000000735. The number of hydrogen-bond acceptors (Lipinski definition) is 10. The van der Waals surface area contributed by atoms with Gasteiger partial charge in [0.25, 0.3) is 0 Å². The molecule has 0 fully saturated rings. The molecule has 0 aliphatic carbocycles. The van der Waals surface area contributed by atoms with Gasteiger partial charge in [-0.3, -0.25) is 24.0 Å². The number of benzene rings is 5. The maximum atomic E-state index is 10.4. The number of aliphatic carboxylic acids is 5. The van der Waals surface area contributed by atoms with E-state index >= 15 is 0 Å². The Kier molecular flexibility index (Phi) is 28.5. The van der Waals surface area contributed by atoms with Gasteiger partial charge in [-0.25, -0.2) is 0 Å². The normalized spacial score (nSPS) is 12.2. The van der Waals surface area contributed by atoms with Gasteiger partial charge in [-0.1, -0.05) is 152 Å². The van der Waals surface area contributed by atoms with Crippen molar-refractivity contribution in [1.82, 2.24) is 0 Å². The molecule has 5 rings (SSSR count). The number of carbonyl (C=O) groups is 5. The van der Waals surface area contributed by atoms with E-state index in [1.54, 1.807) is 0 Å². The van der Waals surface area contributed by atoms with Gasteiger partial charge in [0.05, 0.1) is 0 Å². The monoisotopic (exact) mass is 876 g/mol. The molecule has 5 aromatic rings. The van der Waals surface area contributed by atoms with Gasteiger partial charge in [0.1, 0.15) is 30.2 Å². The molecule has 15 nitrogen and oxygen atoms in total. The largest absolute Gasteiger partial charge is 0.480 e. The molecule has 325 valence electrons. The third kappa shape index (κ3) is 26.5. The summed E-state index contributed by atoms with van der Waals surface area (Å²) in [4.78, 5) is 51.9. The predicted octanol–water partition coefficient (Wildman–Crippen LogP) is 3.20. The van der Waals surface area contributed by atoms with Crippen molar-refractivity contribution in [2.45, 2.75) is 62.3 Å². The number of rotatable bonds is 15. The number of carboxylic acids is 5. The average Bonchev–Trinajstić information content (AvgIpc) is 3.23. The van der Waals surface area contributed by atoms with Crippen LogP contribution in [0.25, 0.3) is 0 Å². The fourth-order valence-electron chi connectivity index (χ4n) is 4.78. The van der Waals surface area contributed by atoms with Crippen molar-refractivity contribution in [2.24, 2.45) is 28.7 Å². The molecule has 0 saturated heterocycles. The molecule has 5 aromatic carbocycles. The van der Waals surface area contributed by atoms with E-state index in [4.69, 9.17) is 54.2 Å². The Labute approximate surface area is 367 Å². The van der Waals surface area contributed by atoms with Crippen molar-refractivity contribution in [3.63, 3.8) is 0 Å². The van der Waals surface area contributed by atoms with E-state index in [2.05, 4.69) is 0 Å². The van der Waals surface area contributed by atoms with Crippen molar-refractivity contribution in [3.05, 3.63) is 179 Å². The molecule has 1 radical (unpaired) electrons. The SMILES string of the molecule is N[C@@H](Cc1ccccc1)C(=O)O.N[C@@H](Cc1ccccc1)C(=O)O.N[C@@H](Cc1ccccc1)C(=O)O.N[C@@H](Cc1ccccc1)C(=O)O.N[C@@H](Cc1ccccc1)C(=O)O.[V]. The Morgan fingerprint density at radius 2 is 0.410 bits per heavy atom. The Bertz CT molecular complexity index is 1630. The quantitative estimate of drug-likeness (QED) is 0.0722. The first-order chi connectivity index (χ1) is 28.5. The minimum Gasteiger partial charge on any atom is -0.480 e. The van der Waals surface area contributed by atoms with E-state index in [-0.39, 0.29) is 18.6 Å². The molecule has 0 amide bonds. The smallest absolute Gasteiger partial charge is 0.320 e. The van der Waals surface area contributed by atoms with Crippen LogP contribution in [0.3, 0.4) is 0 Å². The molecule has 61 heavy (non-hydrogen) atoms. The van der Waals surface area contributed by atoms with Gasteiger partial charge in [0, 0.05) is 18.6 Å². The van der Waals surface area contributed by atoms with Crippen LogP contribution in [0.5, 0.6) is 0 Å². The van der Waals surface area contributed by atoms with Crippen LogP contribution < -0.4 is 28.7 Å². The van der Waals surface area contributed by atoms with Crippen LogP contribution in [0, 0.1) is 0 Å². The van der Waals surface area contributed by atoms with Crippen LogP contribution in [-0.2, 0) is 74.6 Å². The molecule has 0 saturated carbocycles. The topological polar surface area (TPSA) is 317 Å². The van der Waals surface area contributed by atoms with Gasteiger partial charge < -0.3 is 54.2 Å². The molecule has 0 aliphatic rings. The Morgan fingerprint density at radius 1 is 0.295 bits per heavy atom. The van der Waals surface area contributed by atoms with Crippen molar-refractivity contribution in [3.8, 4) is 0 Å². The number of carboxylic acid groups (broad SMARTS) is 5. The standard InChI is InChI=1S/5C9H11NO2.V/c5*10-8(9(11)12)6-7-4-2-1-3-5-7;/h5*1-5,8H,6,10H2,(H,11,12);/t5*8-;/m00000./s1. The molecule has 0 aliphatic heterocycles. The van der Waals surface area contributed by atoms with Gasteiger partial charge in [-0.15, -0.1) is 0 Å². The van der Waals surface area contributed by atoms with Gasteiger partial charge >= 0.3 is 29.8 Å². The average molecular weight is 877 g/mol. The maximum absolute atomic E-state index is 10.4. The van der Waals surface area contributed by atoms with Crippen molar-refractivity contribution < 1.29 is 68.1 Å². The van der Waals surface area contributed by atoms with Crippen molar-refractivity contribution in [1.29, 1.82) is 0 Å². The summed E-state index contributed by atoms with van der Waals surface area (Å²) in [7, 11) is 0. The Hall–Kier alpha value is -6.17. The van der Waals surface area contributed by atoms with Crippen LogP contribution in [-0.4, -0.2) is 85.6 Å². The van der Waals surface area contributed by atoms with Crippen molar-refractivity contribution in [2.75, 3.05) is 0 Å². The summed E-state index contributed by atoms with van der Waals surface area (Å²) >= 11 is 0. The summed E-state index contributed by atoms with van der Waals surface area (Å²) in [5.41, 5.74) is 31.5. The van der Waals surface area contributed by atoms with Crippen LogP contribution >= 0.6 is 0 Å². The van der Waals surface area contributed by atoms with Gasteiger partial charge in [0.15, 0.2) is 0 Å². The van der Waals surface area contributed by atoms with Gasteiger partial charge in [-0.2, -0.15) is 0 Å². The maximum Gasteiger partial charge on any atom is 0.320 e. The molecule has 0 unspecified atom stereocenters. The third-order valence-electron chi connectivity index (χ3n) is 8.08. The summed E-state index contributed by atoms with van der Waals surface area (Å²) in [6.45, 7) is 0. The van der Waals surface area contributed by atoms with Gasteiger partial charge in [-0.05, 0) is 59.9 Å². The summed E-state index contributed by atoms with van der Waals surface area (Å²) in [6, 6.07) is 42.7. The first-order valence-electron chi connectivity index (χ1n) is 18.6. The second-order valence-corrected chi connectivity index (χ2v) is 13.2. The fraction of sp³-hybridized carbons (Fsp3) is 0.222. The van der Waals surface area contributed by atoms with Crippen LogP contribution in [0.1, 0.15) is 27.8 Å². The number of nitrogens with two attached hydrogens (primary N) is 5. The van der Waals surface area contributed by atoms with E-state index < -0.39 is 60.1 Å². The van der Waals surface area contributed by atoms with Crippen molar-refractivity contribution >= 4 is 29.8 Å². The second kappa shape index (κ2) is 31.7. The van der Waals surface area contributed by atoms with Crippen LogP contribution in [0.15, 0.2) is 152 Å². The summed E-state index contributed by atoms with van der Waals surface area (Å²) < 4.78 is 0. The molecule has 15 N–H and O–H groups in total. The molecule has 5 atom stereocenters. The minimum atomic E-state index is -0.959. The minimum absolute atomic E-state index is 0. The predicted molar refractivity (Wildman–Crippen MR) is 229 cm³/mol. The van der Waals surface area contributed by atoms with E-state index in [1.165, 1.54) is 0 Å². The summed E-state index contributed by atoms with van der Waals surface area (Å²) in [5, 5.41) is 42.6. The van der Waals surface area contributed by atoms with E-state index in [9.17, 15) is 24.0 Å². The molecule has 0 heterocycles. The third-order valence-corrected chi connectivity index (χ3v) is 8.08. The fourth-order valence-corrected chi connectivity index (χ4v) is 4.78.